The molecule has 0 fully saturated rings. The quantitative estimate of drug-likeness (QED) is 0.814. The topological polar surface area (TPSA) is 26.3 Å². The monoisotopic (exact) mass is 256 g/mol. The predicted molar refractivity (Wildman–Crippen MR) is 77.5 cm³/mol. The van der Waals surface area contributed by atoms with Gasteiger partial charge in [-0.1, -0.05) is 49.4 Å². The van der Waals surface area contributed by atoms with Gasteiger partial charge in [-0.25, -0.2) is 0 Å². The Hall–Kier alpha value is -1.83. The molecule has 0 saturated heterocycles. The zero-order valence-corrected chi connectivity index (χ0v) is 11.6. The second kappa shape index (κ2) is 5.87. The van der Waals surface area contributed by atoms with Gasteiger partial charge in [0.1, 0.15) is 0 Å². The molecule has 1 atom stereocenters. The molecule has 0 spiro atoms. The molecular weight excluding hydrogens is 236 g/mol. The summed E-state index contributed by atoms with van der Waals surface area (Å²) in [6, 6.07) is 10.1. The van der Waals surface area contributed by atoms with Crippen molar-refractivity contribution in [2.75, 3.05) is 7.11 Å². The van der Waals surface area contributed by atoms with Gasteiger partial charge >= 0.3 is 0 Å². The van der Waals surface area contributed by atoms with Crippen molar-refractivity contribution in [1.82, 2.24) is 0 Å². The molecule has 0 saturated carbocycles. The van der Waals surface area contributed by atoms with Crippen LogP contribution in [0.5, 0.6) is 0 Å². The molecule has 1 aromatic rings. The number of ether oxygens (including phenoxy) is 1. The molecule has 0 aromatic heterocycles. The average molecular weight is 256 g/mol. The molecule has 0 amide bonds. The molecule has 1 unspecified atom stereocenters. The van der Waals surface area contributed by atoms with Crippen molar-refractivity contribution >= 4 is 11.9 Å². The molecule has 0 aliphatic heterocycles. The molecule has 0 radical (unpaired) electrons. The average Bonchev–Trinajstić information content (AvgIpc) is 2.43. The van der Waals surface area contributed by atoms with Gasteiger partial charge in [-0.15, -0.1) is 0 Å². The Bertz CT molecular complexity index is 499. The van der Waals surface area contributed by atoms with Gasteiger partial charge in [0.25, 0.3) is 0 Å². The Balaban J connectivity index is 2.01. The Labute approximate surface area is 114 Å². The molecular formula is C17H20O2. The van der Waals surface area contributed by atoms with E-state index in [1.807, 2.05) is 25.1 Å². The number of rotatable bonds is 4. The zero-order chi connectivity index (χ0) is 13.7. The molecule has 1 aliphatic carbocycles. The van der Waals surface area contributed by atoms with Crippen LogP contribution in [0.15, 0.2) is 48.2 Å². The van der Waals surface area contributed by atoms with E-state index in [1.165, 1.54) is 5.56 Å². The standard InChI is InChI=1S/C17H20O2/c1-17(12-10-15(19-2)13-16(17)18)11-6-9-14-7-4-3-5-8-14/h3-9,13H,10-12H2,1-2H3/b9-6+. The second-order valence-corrected chi connectivity index (χ2v) is 5.26. The number of benzene rings is 1. The highest BCUT2D eigenvalue weighted by Gasteiger charge is 2.34. The first-order valence-electron chi connectivity index (χ1n) is 6.65. The van der Waals surface area contributed by atoms with Crippen LogP contribution >= 0.6 is 0 Å². The minimum atomic E-state index is -0.284. The van der Waals surface area contributed by atoms with Gasteiger partial charge in [0.2, 0.25) is 0 Å². The van der Waals surface area contributed by atoms with Gasteiger partial charge in [-0.05, 0) is 18.4 Å². The normalized spacial score (nSPS) is 23.5. The lowest BCUT2D eigenvalue weighted by Crippen LogP contribution is -2.29. The van der Waals surface area contributed by atoms with Gasteiger partial charge in [0, 0.05) is 17.9 Å². The first kappa shape index (κ1) is 13.6. The molecule has 2 rings (SSSR count). The minimum Gasteiger partial charge on any atom is -0.501 e. The first-order chi connectivity index (χ1) is 9.14. The lowest BCUT2D eigenvalue weighted by Gasteiger charge is -2.29. The third-order valence-corrected chi connectivity index (χ3v) is 3.75. The predicted octanol–water partition coefficient (Wildman–Crippen LogP) is 3.99. The van der Waals surface area contributed by atoms with Crippen LogP contribution in [0.2, 0.25) is 0 Å². The maximum atomic E-state index is 12.1. The Morgan fingerprint density at radius 3 is 2.68 bits per heavy atom. The highest BCUT2D eigenvalue weighted by atomic mass is 16.5. The summed E-state index contributed by atoms with van der Waals surface area (Å²) in [5, 5.41) is 0. The van der Waals surface area contributed by atoms with E-state index < -0.39 is 0 Å². The van der Waals surface area contributed by atoms with E-state index in [0.29, 0.717) is 0 Å². The molecule has 19 heavy (non-hydrogen) atoms. The number of methoxy groups -OCH3 is 1. The molecule has 0 heterocycles. The minimum absolute atomic E-state index is 0.174. The fourth-order valence-electron chi connectivity index (χ4n) is 2.30. The van der Waals surface area contributed by atoms with Crippen molar-refractivity contribution in [1.29, 1.82) is 0 Å². The number of carbonyl (C=O) groups is 1. The molecule has 0 N–H and O–H groups in total. The highest BCUT2D eigenvalue weighted by molar-refractivity contribution is 5.96. The lowest BCUT2D eigenvalue weighted by molar-refractivity contribution is -0.124. The van der Waals surface area contributed by atoms with Gasteiger partial charge in [-0.2, -0.15) is 0 Å². The number of allylic oxidation sites excluding steroid dienone is 3. The van der Waals surface area contributed by atoms with Crippen molar-refractivity contribution in [3.05, 3.63) is 53.8 Å². The smallest absolute Gasteiger partial charge is 0.165 e. The van der Waals surface area contributed by atoms with Gasteiger partial charge in [-0.3, -0.25) is 4.79 Å². The first-order valence-corrected chi connectivity index (χ1v) is 6.65. The van der Waals surface area contributed by atoms with Crippen molar-refractivity contribution in [2.45, 2.75) is 26.2 Å². The summed E-state index contributed by atoms with van der Waals surface area (Å²) >= 11 is 0. The largest absolute Gasteiger partial charge is 0.501 e. The van der Waals surface area contributed by atoms with Gasteiger partial charge in [0.15, 0.2) is 5.78 Å². The lowest BCUT2D eigenvalue weighted by atomic mass is 9.74. The Kier molecular flexibility index (Phi) is 4.20. The van der Waals surface area contributed by atoms with Crippen LogP contribution in [0.25, 0.3) is 6.08 Å². The zero-order valence-electron chi connectivity index (χ0n) is 11.6. The van der Waals surface area contributed by atoms with Crippen LogP contribution < -0.4 is 0 Å². The van der Waals surface area contributed by atoms with Crippen LogP contribution in [0.1, 0.15) is 31.7 Å². The number of ketones is 1. The molecule has 1 aliphatic rings. The van der Waals surface area contributed by atoms with Gasteiger partial charge < -0.3 is 4.74 Å². The van der Waals surface area contributed by atoms with E-state index in [-0.39, 0.29) is 11.2 Å². The number of carbonyl (C=O) groups excluding carboxylic acids is 1. The number of hydrogen-bond acceptors (Lipinski definition) is 2. The van der Waals surface area contributed by atoms with Crippen molar-refractivity contribution in [3.63, 3.8) is 0 Å². The maximum absolute atomic E-state index is 12.1. The van der Waals surface area contributed by atoms with Crippen LogP contribution in [-0.4, -0.2) is 12.9 Å². The molecule has 100 valence electrons. The van der Waals surface area contributed by atoms with Crippen LogP contribution in [-0.2, 0) is 9.53 Å². The van der Waals surface area contributed by atoms with E-state index in [4.69, 9.17) is 4.74 Å². The van der Waals surface area contributed by atoms with E-state index in [1.54, 1.807) is 13.2 Å². The molecule has 1 aromatic carbocycles. The molecule has 2 nitrogen and oxygen atoms in total. The fraction of sp³-hybridized carbons (Fsp3) is 0.353. The Morgan fingerprint density at radius 2 is 2.05 bits per heavy atom. The summed E-state index contributed by atoms with van der Waals surface area (Å²) in [5.74, 6) is 0.975. The third-order valence-electron chi connectivity index (χ3n) is 3.75. The number of hydrogen-bond donors (Lipinski definition) is 0. The van der Waals surface area contributed by atoms with Crippen LogP contribution in [0.3, 0.4) is 0 Å². The van der Waals surface area contributed by atoms with Crippen molar-refractivity contribution in [3.8, 4) is 0 Å². The van der Waals surface area contributed by atoms with E-state index in [0.717, 1.165) is 25.0 Å². The summed E-state index contributed by atoms with van der Waals surface area (Å²) in [6.07, 6.45) is 8.30. The van der Waals surface area contributed by atoms with E-state index >= 15 is 0 Å². The highest BCUT2D eigenvalue weighted by Crippen LogP contribution is 2.36. The maximum Gasteiger partial charge on any atom is 0.165 e. The summed E-state index contributed by atoms with van der Waals surface area (Å²) < 4.78 is 5.15. The SMILES string of the molecule is COC1=CC(=O)C(C)(C/C=C/c2ccccc2)CC1. The van der Waals surface area contributed by atoms with Crippen LogP contribution in [0.4, 0.5) is 0 Å². The molecule has 2 heteroatoms. The fourth-order valence-corrected chi connectivity index (χ4v) is 2.30. The molecule has 0 bridgehead atoms. The van der Waals surface area contributed by atoms with Crippen molar-refractivity contribution in [2.24, 2.45) is 5.41 Å². The Morgan fingerprint density at radius 1 is 1.32 bits per heavy atom. The summed E-state index contributed by atoms with van der Waals surface area (Å²) in [5.41, 5.74) is 0.885. The summed E-state index contributed by atoms with van der Waals surface area (Å²) in [4.78, 5) is 12.1. The summed E-state index contributed by atoms with van der Waals surface area (Å²) in [6.45, 7) is 2.04. The second-order valence-electron chi connectivity index (χ2n) is 5.26. The van der Waals surface area contributed by atoms with Crippen molar-refractivity contribution < 1.29 is 9.53 Å². The summed E-state index contributed by atoms with van der Waals surface area (Å²) in [7, 11) is 1.62. The van der Waals surface area contributed by atoms with Gasteiger partial charge in [0.05, 0.1) is 12.9 Å². The van der Waals surface area contributed by atoms with E-state index in [2.05, 4.69) is 24.3 Å². The third kappa shape index (κ3) is 3.34. The van der Waals surface area contributed by atoms with E-state index in [9.17, 15) is 4.79 Å². The van der Waals surface area contributed by atoms with Crippen LogP contribution in [0, 0.1) is 5.41 Å².